The van der Waals surface area contributed by atoms with Crippen LogP contribution < -0.4 is 10.1 Å². The summed E-state index contributed by atoms with van der Waals surface area (Å²) in [5.41, 5.74) is 5.08. The minimum atomic E-state index is -0.296. The number of ether oxygens (including phenoxy) is 1. The number of hydrogen-bond acceptors (Lipinski definition) is 6. The van der Waals surface area contributed by atoms with Crippen molar-refractivity contribution in [1.82, 2.24) is 20.6 Å². The number of hydrogen-bond donors (Lipinski definition) is 2. The molecular formula is C23H21N5O3. The van der Waals surface area contributed by atoms with E-state index in [0.29, 0.717) is 35.0 Å². The summed E-state index contributed by atoms with van der Waals surface area (Å²) in [6, 6.07) is 12.8. The molecule has 2 heterocycles. The lowest BCUT2D eigenvalue weighted by atomic mass is 10.0. The summed E-state index contributed by atoms with van der Waals surface area (Å²) in [4.78, 5) is 13.2. The predicted octanol–water partition coefficient (Wildman–Crippen LogP) is 4.81. The molecule has 8 nitrogen and oxygen atoms in total. The number of H-pyrrole nitrogens is 1. The van der Waals surface area contributed by atoms with Crippen LogP contribution in [0, 0.1) is 0 Å². The molecule has 2 N–H and O–H groups in total. The van der Waals surface area contributed by atoms with E-state index in [9.17, 15) is 4.79 Å². The van der Waals surface area contributed by atoms with Gasteiger partial charge in [-0.05, 0) is 66.6 Å². The number of benzene rings is 2. The topological polar surface area (TPSA) is 106 Å². The fourth-order valence-corrected chi connectivity index (χ4v) is 3.14. The van der Waals surface area contributed by atoms with Crippen LogP contribution in [0.15, 0.2) is 66.0 Å². The Kier molecular flexibility index (Phi) is 5.61. The molecule has 0 spiro atoms. The van der Waals surface area contributed by atoms with Crippen molar-refractivity contribution < 1.29 is 13.9 Å². The van der Waals surface area contributed by atoms with E-state index in [-0.39, 0.29) is 5.91 Å². The Hall–Kier alpha value is -4.20. The number of rotatable bonds is 7. The Morgan fingerprint density at radius 1 is 1.13 bits per heavy atom. The molecular weight excluding hydrogens is 394 g/mol. The lowest BCUT2D eigenvalue weighted by Gasteiger charge is -2.14. The van der Waals surface area contributed by atoms with Gasteiger partial charge in [0.25, 0.3) is 5.91 Å². The molecule has 0 saturated heterocycles. The van der Waals surface area contributed by atoms with Crippen molar-refractivity contribution in [3.05, 3.63) is 72.7 Å². The smallest absolute Gasteiger partial charge is 0.255 e. The number of carbonyl (C=O) groups is 1. The van der Waals surface area contributed by atoms with Gasteiger partial charge in [0.2, 0.25) is 5.82 Å². The van der Waals surface area contributed by atoms with Gasteiger partial charge in [-0.3, -0.25) is 4.79 Å². The van der Waals surface area contributed by atoms with Crippen LogP contribution in [0.3, 0.4) is 0 Å². The van der Waals surface area contributed by atoms with Crippen molar-refractivity contribution in [3.63, 3.8) is 0 Å². The number of aromatic amines is 1. The van der Waals surface area contributed by atoms with Crippen molar-refractivity contribution in [3.8, 4) is 28.3 Å². The number of allylic oxidation sites excluding steroid dienone is 1. The molecule has 0 saturated carbocycles. The first-order valence-electron chi connectivity index (χ1n) is 9.70. The summed E-state index contributed by atoms with van der Waals surface area (Å²) in [6.45, 7) is 8.26. The van der Waals surface area contributed by atoms with E-state index in [1.807, 2.05) is 44.2 Å². The van der Waals surface area contributed by atoms with Crippen molar-refractivity contribution in [1.29, 1.82) is 0 Å². The fourth-order valence-electron chi connectivity index (χ4n) is 3.14. The average molecular weight is 415 g/mol. The van der Waals surface area contributed by atoms with E-state index in [2.05, 4.69) is 32.5 Å². The third-order valence-electron chi connectivity index (χ3n) is 4.67. The third-order valence-corrected chi connectivity index (χ3v) is 4.67. The lowest BCUT2D eigenvalue weighted by Crippen LogP contribution is -2.13. The van der Waals surface area contributed by atoms with Gasteiger partial charge in [-0.25, -0.2) is 0 Å². The van der Waals surface area contributed by atoms with Crippen LogP contribution in [0.5, 0.6) is 5.75 Å². The van der Waals surface area contributed by atoms with Gasteiger partial charge in [-0.1, -0.05) is 18.2 Å². The van der Waals surface area contributed by atoms with Crippen LogP contribution in [0.2, 0.25) is 0 Å². The summed E-state index contributed by atoms with van der Waals surface area (Å²) in [7, 11) is 0. The summed E-state index contributed by atoms with van der Waals surface area (Å²) in [6.07, 6.45) is 3.19. The molecule has 2 aromatic carbocycles. The predicted molar refractivity (Wildman–Crippen MR) is 118 cm³/mol. The monoisotopic (exact) mass is 415 g/mol. The maximum atomic E-state index is 13.2. The number of furan rings is 1. The number of amides is 1. The average Bonchev–Trinajstić information content (AvgIpc) is 3.49. The lowest BCUT2D eigenvalue weighted by molar-refractivity contribution is 0.102. The Labute approximate surface area is 178 Å². The first-order chi connectivity index (χ1) is 15.0. The standard InChI is InChI=1S/C23H21N5O3/c1-4-31-21-6-5-15(14(2)3)12-20(21)24-23(29)19-10-17(16-7-8-30-13-16)9-18(11-19)22-25-27-28-26-22/h5-13H,2,4H2,1,3H3,(H,24,29)(H,25,26,27,28). The van der Waals surface area contributed by atoms with Gasteiger partial charge in [0.05, 0.1) is 24.8 Å². The summed E-state index contributed by atoms with van der Waals surface area (Å²) < 4.78 is 10.9. The van der Waals surface area contributed by atoms with Gasteiger partial charge in [-0.2, -0.15) is 5.21 Å². The van der Waals surface area contributed by atoms with Crippen LogP contribution in [0.25, 0.3) is 28.1 Å². The molecule has 4 rings (SSSR count). The molecule has 0 atom stereocenters. The Balaban J connectivity index is 1.73. The largest absolute Gasteiger partial charge is 0.492 e. The molecule has 4 aromatic rings. The Bertz CT molecular complexity index is 1160. The van der Waals surface area contributed by atoms with E-state index in [4.69, 9.17) is 9.15 Å². The minimum Gasteiger partial charge on any atom is -0.492 e. The second-order valence-electron chi connectivity index (χ2n) is 6.92. The Morgan fingerprint density at radius 2 is 1.97 bits per heavy atom. The van der Waals surface area contributed by atoms with Gasteiger partial charge in [0.15, 0.2) is 0 Å². The van der Waals surface area contributed by atoms with Crippen LogP contribution in [0.4, 0.5) is 5.69 Å². The molecule has 0 unspecified atom stereocenters. The van der Waals surface area contributed by atoms with Gasteiger partial charge >= 0.3 is 0 Å². The SMILES string of the molecule is C=C(C)c1ccc(OCC)c(NC(=O)c2cc(-c3ccoc3)cc(-c3nn[nH]n3)c2)c1. The van der Waals surface area contributed by atoms with Crippen molar-refractivity contribution >= 4 is 17.2 Å². The van der Waals surface area contributed by atoms with Gasteiger partial charge in [-0.15, -0.1) is 10.2 Å². The summed E-state index contributed by atoms with van der Waals surface area (Å²) in [5, 5.41) is 17.1. The zero-order valence-electron chi connectivity index (χ0n) is 17.2. The summed E-state index contributed by atoms with van der Waals surface area (Å²) in [5.74, 6) is 0.679. The van der Waals surface area contributed by atoms with Gasteiger partial charge in [0.1, 0.15) is 5.75 Å². The van der Waals surface area contributed by atoms with E-state index in [1.165, 1.54) is 0 Å². The maximum absolute atomic E-state index is 13.2. The number of aromatic nitrogens is 4. The van der Waals surface area contributed by atoms with E-state index >= 15 is 0 Å². The molecule has 0 radical (unpaired) electrons. The van der Waals surface area contributed by atoms with Crippen LogP contribution >= 0.6 is 0 Å². The highest BCUT2D eigenvalue weighted by atomic mass is 16.5. The maximum Gasteiger partial charge on any atom is 0.255 e. The fraction of sp³-hybridized carbons (Fsp3) is 0.130. The second-order valence-corrected chi connectivity index (χ2v) is 6.92. The Morgan fingerprint density at radius 3 is 2.65 bits per heavy atom. The molecule has 8 heteroatoms. The quantitative estimate of drug-likeness (QED) is 0.449. The molecule has 0 aliphatic heterocycles. The molecule has 1 amide bonds. The van der Waals surface area contributed by atoms with Crippen LogP contribution in [-0.2, 0) is 0 Å². The molecule has 0 aliphatic rings. The molecule has 0 aliphatic carbocycles. The number of nitrogens with zero attached hydrogens (tertiary/aromatic N) is 3. The third kappa shape index (κ3) is 4.37. The zero-order chi connectivity index (χ0) is 21.8. The van der Waals surface area contributed by atoms with Crippen LogP contribution in [-0.4, -0.2) is 33.1 Å². The normalized spacial score (nSPS) is 10.6. The molecule has 0 fully saturated rings. The van der Waals surface area contributed by atoms with Crippen LogP contribution in [0.1, 0.15) is 29.8 Å². The van der Waals surface area contributed by atoms with Crippen molar-refractivity contribution in [2.45, 2.75) is 13.8 Å². The first kappa shape index (κ1) is 20.1. The summed E-state index contributed by atoms with van der Waals surface area (Å²) >= 11 is 0. The van der Waals surface area contributed by atoms with E-state index < -0.39 is 0 Å². The zero-order valence-corrected chi connectivity index (χ0v) is 17.2. The second kappa shape index (κ2) is 8.66. The number of tetrazole rings is 1. The number of carbonyl (C=O) groups excluding carboxylic acids is 1. The first-order valence-corrected chi connectivity index (χ1v) is 9.70. The minimum absolute atomic E-state index is 0.296. The highest BCUT2D eigenvalue weighted by molar-refractivity contribution is 6.06. The highest BCUT2D eigenvalue weighted by Crippen LogP contribution is 2.31. The van der Waals surface area contributed by atoms with Crippen molar-refractivity contribution in [2.24, 2.45) is 0 Å². The van der Waals surface area contributed by atoms with Crippen molar-refractivity contribution in [2.75, 3.05) is 11.9 Å². The van der Waals surface area contributed by atoms with Gasteiger partial charge in [0, 0.05) is 16.7 Å². The number of anilines is 1. The van der Waals surface area contributed by atoms with E-state index in [1.54, 1.807) is 24.7 Å². The van der Waals surface area contributed by atoms with Gasteiger partial charge < -0.3 is 14.5 Å². The highest BCUT2D eigenvalue weighted by Gasteiger charge is 2.16. The molecule has 0 bridgehead atoms. The van der Waals surface area contributed by atoms with E-state index in [0.717, 1.165) is 22.3 Å². The number of nitrogens with one attached hydrogen (secondary N) is 2. The molecule has 2 aromatic heterocycles. The molecule has 156 valence electrons. The molecule has 31 heavy (non-hydrogen) atoms.